The summed E-state index contributed by atoms with van der Waals surface area (Å²) in [5, 5.41) is 9.05. The molecule has 0 spiro atoms. The van der Waals surface area contributed by atoms with Crippen LogP contribution in [0.25, 0.3) is 11.0 Å². The van der Waals surface area contributed by atoms with E-state index in [0.29, 0.717) is 0 Å². The van der Waals surface area contributed by atoms with Gasteiger partial charge in [0, 0.05) is 7.05 Å². The highest BCUT2D eigenvalue weighted by atomic mass is 15.0. The van der Waals surface area contributed by atoms with E-state index in [1.165, 1.54) is 0 Å². The summed E-state index contributed by atoms with van der Waals surface area (Å²) >= 11 is 0. The van der Waals surface area contributed by atoms with Gasteiger partial charge in [-0.05, 0) is 31.5 Å². The van der Waals surface area contributed by atoms with E-state index in [9.17, 15) is 0 Å². The quantitative estimate of drug-likeness (QED) is 0.707. The summed E-state index contributed by atoms with van der Waals surface area (Å²) in [6.45, 7) is 3.83. The maximum Gasteiger partial charge on any atom is 0.0955 e. The van der Waals surface area contributed by atoms with Gasteiger partial charge >= 0.3 is 0 Å². The SMILES string of the molecule is Cn1cnc2cc(C(C)(C)C#N)ccc21. The zero-order valence-corrected chi connectivity index (χ0v) is 9.15. The first-order valence-electron chi connectivity index (χ1n) is 4.87. The van der Waals surface area contributed by atoms with Crippen LogP contribution in [0, 0.1) is 11.3 Å². The predicted molar refractivity (Wildman–Crippen MR) is 59.4 cm³/mol. The van der Waals surface area contributed by atoms with Crippen molar-refractivity contribution in [2.24, 2.45) is 7.05 Å². The maximum absolute atomic E-state index is 9.05. The van der Waals surface area contributed by atoms with Crippen LogP contribution in [0.4, 0.5) is 0 Å². The molecule has 15 heavy (non-hydrogen) atoms. The van der Waals surface area contributed by atoms with E-state index < -0.39 is 5.41 Å². The fourth-order valence-electron chi connectivity index (χ4n) is 1.59. The Morgan fingerprint density at radius 1 is 1.40 bits per heavy atom. The van der Waals surface area contributed by atoms with Crippen molar-refractivity contribution in [2.45, 2.75) is 19.3 Å². The van der Waals surface area contributed by atoms with E-state index in [4.69, 9.17) is 5.26 Å². The number of imidazole rings is 1. The molecule has 76 valence electrons. The minimum absolute atomic E-state index is 0.453. The Hall–Kier alpha value is -1.82. The molecule has 0 aliphatic rings. The molecular weight excluding hydrogens is 186 g/mol. The van der Waals surface area contributed by atoms with Gasteiger partial charge in [0.05, 0.1) is 28.8 Å². The standard InChI is InChI=1S/C12H13N3/c1-12(2,7-13)9-4-5-11-10(6-9)14-8-15(11)3/h4-6,8H,1-3H3. The van der Waals surface area contributed by atoms with Crippen LogP contribution in [0.2, 0.25) is 0 Å². The molecule has 3 nitrogen and oxygen atoms in total. The Morgan fingerprint density at radius 2 is 2.13 bits per heavy atom. The van der Waals surface area contributed by atoms with Crippen molar-refractivity contribution in [3.63, 3.8) is 0 Å². The average Bonchev–Trinajstić information content (AvgIpc) is 2.60. The average molecular weight is 199 g/mol. The monoisotopic (exact) mass is 199 g/mol. The Bertz CT molecular complexity index is 543. The summed E-state index contributed by atoms with van der Waals surface area (Å²) in [4.78, 5) is 4.28. The number of nitriles is 1. The summed E-state index contributed by atoms with van der Waals surface area (Å²) in [7, 11) is 1.96. The zero-order valence-electron chi connectivity index (χ0n) is 9.15. The molecule has 2 aromatic rings. The fourth-order valence-corrected chi connectivity index (χ4v) is 1.59. The van der Waals surface area contributed by atoms with Crippen molar-refractivity contribution in [1.82, 2.24) is 9.55 Å². The summed E-state index contributed by atoms with van der Waals surface area (Å²) in [5.74, 6) is 0. The highest BCUT2D eigenvalue weighted by molar-refractivity contribution is 5.76. The number of aryl methyl sites for hydroxylation is 1. The molecule has 0 N–H and O–H groups in total. The number of rotatable bonds is 1. The molecule has 0 saturated heterocycles. The van der Waals surface area contributed by atoms with Crippen LogP contribution in [-0.2, 0) is 12.5 Å². The molecule has 0 aliphatic carbocycles. The van der Waals surface area contributed by atoms with Gasteiger partial charge in [-0.1, -0.05) is 6.07 Å². The van der Waals surface area contributed by atoms with Gasteiger partial charge in [0.25, 0.3) is 0 Å². The number of benzene rings is 1. The first-order chi connectivity index (χ1) is 7.04. The number of hydrogen-bond donors (Lipinski definition) is 0. The summed E-state index contributed by atoms with van der Waals surface area (Å²) in [6, 6.07) is 8.28. The van der Waals surface area contributed by atoms with Crippen molar-refractivity contribution >= 4 is 11.0 Å². The van der Waals surface area contributed by atoms with Gasteiger partial charge in [0.1, 0.15) is 0 Å². The van der Waals surface area contributed by atoms with Crippen molar-refractivity contribution in [1.29, 1.82) is 5.26 Å². The van der Waals surface area contributed by atoms with E-state index in [1.807, 2.05) is 43.7 Å². The third-order valence-electron chi connectivity index (χ3n) is 2.73. The summed E-state index contributed by atoms with van der Waals surface area (Å²) in [5.41, 5.74) is 2.59. The highest BCUT2D eigenvalue weighted by Crippen LogP contribution is 2.25. The largest absolute Gasteiger partial charge is 0.334 e. The van der Waals surface area contributed by atoms with Crippen LogP contribution >= 0.6 is 0 Å². The van der Waals surface area contributed by atoms with Gasteiger partial charge in [-0.15, -0.1) is 0 Å². The Kier molecular flexibility index (Phi) is 2.01. The lowest BCUT2D eigenvalue weighted by Crippen LogP contribution is -2.13. The third kappa shape index (κ3) is 1.48. The number of nitrogens with zero attached hydrogens (tertiary/aromatic N) is 3. The van der Waals surface area contributed by atoms with Gasteiger partial charge in [-0.3, -0.25) is 0 Å². The molecule has 1 aromatic carbocycles. The van der Waals surface area contributed by atoms with E-state index >= 15 is 0 Å². The molecule has 0 aliphatic heterocycles. The van der Waals surface area contributed by atoms with Gasteiger partial charge in [0.15, 0.2) is 0 Å². The minimum Gasteiger partial charge on any atom is -0.334 e. The van der Waals surface area contributed by atoms with Crippen LogP contribution in [0.1, 0.15) is 19.4 Å². The first-order valence-corrected chi connectivity index (χ1v) is 4.87. The molecule has 0 saturated carbocycles. The van der Waals surface area contributed by atoms with E-state index in [2.05, 4.69) is 11.1 Å². The number of hydrogen-bond acceptors (Lipinski definition) is 2. The molecule has 0 bridgehead atoms. The molecular formula is C12H13N3. The molecule has 0 atom stereocenters. The first kappa shape index (κ1) is 9.72. The molecule has 1 heterocycles. The normalized spacial score (nSPS) is 11.6. The van der Waals surface area contributed by atoms with Crippen LogP contribution in [0.3, 0.4) is 0 Å². The Labute approximate surface area is 89.0 Å². The van der Waals surface area contributed by atoms with Crippen molar-refractivity contribution in [2.75, 3.05) is 0 Å². The van der Waals surface area contributed by atoms with Crippen molar-refractivity contribution < 1.29 is 0 Å². The van der Waals surface area contributed by atoms with Crippen LogP contribution in [0.15, 0.2) is 24.5 Å². The second kappa shape index (κ2) is 3.09. The molecule has 2 rings (SSSR count). The molecule has 0 radical (unpaired) electrons. The topological polar surface area (TPSA) is 41.6 Å². The predicted octanol–water partition coefficient (Wildman–Crippen LogP) is 2.37. The lowest BCUT2D eigenvalue weighted by molar-refractivity contribution is 0.688. The number of fused-ring (bicyclic) bond motifs is 1. The lowest BCUT2D eigenvalue weighted by Gasteiger charge is -2.15. The second-order valence-corrected chi connectivity index (χ2v) is 4.30. The Balaban J connectivity index is 2.63. The maximum atomic E-state index is 9.05. The molecule has 1 aromatic heterocycles. The van der Waals surface area contributed by atoms with Crippen molar-refractivity contribution in [3.8, 4) is 6.07 Å². The van der Waals surface area contributed by atoms with Gasteiger partial charge in [0.2, 0.25) is 0 Å². The highest BCUT2D eigenvalue weighted by Gasteiger charge is 2.20. The molecule has 0 fully saturated rings. The molecule has 0 amide bonds. The van der Waals surface area contributed by atoms with E-state index in [1.54, 1.807) is 6.33 Å². The fraction of sp³-hybridized carbons (Fsp3) is 0.333. The third-order valence-corrected chi connectivity index (χ3v) is 2.73. The Morgan fingerprint density at radius 3 is 2.80 bits per heavy atom. The number of aromatic nitrogens is 2. The van der Waals surface area contributed by atoms with E-state index in [-0.39, 0.29) is 0 Å². The van der Waals surface area contributed by atoms with Gasteiger partial charge < -0.3 is 4.57 Å². The summed E-state index contributed by atoms with van der Waals surface area (Å²) in [6.07, 6.45) is 1.79. The van der Waals surface area contributed by atoms with Crippen LogP contribution < -0.4 is 0 Å². The van der Waals surface area contributed by atoms with Crippen molar-refractivity contribution in [3.05, 3.63) is 30.1 Å². The summed E-state index contributed by atoms with van der Waals surface area (Å²) < 4.78 is 1.97. The zero-order chi connectivity index (χ0) is 11.1. The lowest BCUT2D eigenvalue weighted by atomic mass is 9.86. The van der Waals surface area contributed by atoms with Crippen LogP contribution in [0.5, 0.6) is 0 Å². The molecule has 3 heteroatoms. The smallest absolute Gasteiger partial charge is 0.0955 e. The van der Waals surface area contributed by atoms with E-state index in [0.717, 1.165) is 16.6 Å². The second-order valence-electron chi connectivity index (χ2n) is 4.30. The minimum atomic E-state index is -0.453. The molecule has 0 unspecified atom stereocenters. The van der Waals surface area contributed by atoms with Crippen LogP contribution in [-0.4, -0.2) is 9.55 Å². The van der Waals surface area contributed by atoms with Gasteiger partial charge in [-0.25, -0.2) is 4.98 Å². The van der Waals surface area contributed by atoms with Gasteiger partial charge in [-0.2, -0.15) is 5.26 Å².